The normalized spacial score (nSPS) is 10.9. The van der Waals surface area contributed by atoms with Gasteiger partial charge in [-0.1, -0.05) is 30.3 Å². The second kappa shape index (κ2) is 7.27. The number of hydrogen-bond donors (Lipinski definition) is 0. The Kier molecular flexibility index (Phi) is 5.64. The molecular formula is C14H16O4. The Bertz CT molecular complexity index is 434. The quantitative estimate of drug-likeness (QED) is 0.194. The number of ketones is 1. The van der Waals surface area contributed by atoms with E-state index >= 15 is 0 Å². The highest BCUT2D eigenvalue weighted by Gasteiger charge is 2.21. The summed E-state index contributed by atoms with van der Waals surface area (Å²) in [5, 5.41) is 0. The van der Waals surface area contributed by atoms with Gasteiger partial charge >= 0.3 is 5.97 Å². The summed E-state index contributed by atoms with van der Waals surface area (Å²) in [6.45, 7) is 4.05. The van der Waals surface area contributed by atoms with E-state index in [2.05, 4.69) is 0 Å². The fourth-order valence-electron chi connectivity index (χ4n) is 1.31. The van der Waals surface area contributed by atoms with Crippen molar-refractivity contribution in [3.8, 4) is 0 Å². The average molecular weight is 248 g/mol. The highest BCUT2D eigenvalue weighted by molar-refractivity contribution is 6.23. The van der Waals surface area contributed by atoms with Gasteiger partial charge in [0.2, 0.25) is 5.78 Å². The molecule has 0 aliphatic rings. The zero-order valence-corrected chi connectivity index (χ0v) is 10.5. The van der Waals surface area contributed by atoms with Crippen molar-refractivity contribution in [2.75, 3.05) is 13.2 Å². The summed E-state index contributed by atoms with van der Waals surface area (Å²) in [6.07, 6.45) is 1.16. The zero-order valence-electron chi connectivity index (χ0n) is 10.5. The Labute approximate surface area is 106 Å². The molecule has 0 radical (unpaired) electrons. The van der Waals surface area contributed by atoms with Crippen LogP contribution in [0.4, 0.5) is 0 Å². The molecule has 0 aromatic heterocycles. The summed E-state index contributed by atoms with van der Waals surface area (Å²) in [5.74, 6) is -1.07. The van der Waals surface area contributed by atoms with E-state index in [1.165, 1.54) is 0 Å². The molecule has 1 aromatic carbocycles. The third-order valence-corrected chi connectivity index (χ3v) is 2.14. The fourth-order valence-corrected chi connectivity index (χ4v) is 1.31. The van der Waals surface area contributed by atoms with Gasteiger partial charge in [-0.25, -0.2) is 4.79 Å². The van der Waals surface area contributed by atoms with Crippen molar-refractivity contribution in [3.05, 3.63) is 47.7 Å². The lowest BCUT2D eigenvalue weighted by atomic mass is 10.0. The monoisotopic (exact) mass is 248 g/mol. The zero-order chi connectivity index (χ0) is 13.4. The maximum absolute atomic E-state index is 12.1. The molecule has 1 aromatic rings. The third kappa shape index (κ3) is 3.73. The van der Waals surface area contributed by atoms with Gasteiger partial charge in [-0.05, 0) is 13.8 Å². The van der Waals surface area contributed by atoms with Crippen LogP contribution in [0.3, 0.4) is 0 Å². The number of Topliss-reactive ketones (excluding diaryl/α,β-unsaturated/α-hetero) is 1. The Morgan fingerprint density at radius 3 is 2.33 bits per heavy atom. The lowest BCUT2D eigenvalue weighted by Crippen LogP contribution is -2.16. The third-order valence-electron chi connectivity index (χ3n) is 2.14. The molecular weight excluding hydrogens is 232 g/mol. The van der Waals surface area contributed by atoms with E-state index in [1.807, 2.05) is 0 Å². The number of benzene rings is 1. The van der Waals surface area contributed by atoms with Crippen molar-refractivity contribution < 1.29 is 19.1 Å². The predicted molar refractivity (Wildman–Crippen MR) is 67.1 cm³/mol. The van der Waals surface area contributed by atoms with Crippen molar-refractivity contribution >= 4 is 11.8 Å². The number of ether oxygens (including phenoxy) is 2. The van der Waals surface area contributed by atoms with Crippen molar-refractivity contribution in [3.63, 3.8) is 0 Å². The molecule has 0 atom stereocenters. The second-order valence-corrected chi connectivity index (χ2v) is 3.40. The largest absolute Gasteiger partial charge is 0.500 e. The van der Waals surface area contributed by atoms with Gasteiger partial charge in [0.15, 0.2) is 0 Å². The molecule has 0 unspecified atom stereocenters. The molecule has 0 fully saturated rings. The van der Waals surface area contributed by atoms with Crippen molar-refractivity contribution in [1.29, 1.82) is 0 Å². The van der Waals surface area contributed by atoms with Gasteiger partial charge in [-0.2, -0.15) is 0 Å². The van der Waals surface area contributed by atoms with Crippen molar-refractivity contribution in [2.45, 2.75) is 13.8 Å². The molecule has 1 rings (SSSR count). The highest BCUT2D eigenvalue weighted by Crippen LogP contribution is 2.10. The van der Waals surface area contributed by atoms with Crippen LogP contribution >= 0.6 is 0 Å². The SMILES string of the molecule is CCOC=C(C(=O)OCC)C(=O)c1ccccc1. The number of hydrogen-bond acceptors (Lipinski definition) is 4. The van der Waals surface area contributed by atoms with E-state index in [1.54, 1.807) is 44.2 Å². The maximum atomic E-state index is 12.1. The van der Waals surface area contributed by atoms with Crippen LogP contribution in [0.25, 0.3) is 0 Å². The summed E-state index contributed by atoms with van der Waals surface area (Å²) < 4.78 is 9.86. The molecule has 0 aliphatic heterocycles. The van der Waals surface area contributed by atoms with Gasteiger partial charge in [-0.15, -0.1) is 0 Å². The Balaban J connectivity index is 2.97. The Morgan fingerprint density at radius 1 is 1.11 bits per heavy atom. The van der Waals surface area contributed by atoms with Crippen LogP contribution in [0.5, 0.6) is 0 Å². The topological polar surface area (TPSA) is 52.6 Å². The van der Waals surface area contributed by atoms with Crippen molar-refractivity contribution in [1.82, 2.24) is 0 Å². The molecule has 0 aliphatic carbocycles. The molecule has 4 nitrogen and oxygen atoms in total. The van der Waals surface area contributed by atoms with Gasteiger partial charge in [-0.3, -0.25) is 4.79 Å². The lowest BCUT2D eigenvalue weighted by molar-refractivity contribution is -0.138. The lowest BCUT2D eigenvalue weighted by Gasteiger charge is -2.06. The van der Waals surface area contributed by atoms with E-state index in [0.717, 1.165) is 6.26 Å². The van der Waals surface area contributed by atoms with Gasteiger partial charge < -0.3 is 9.47 Å². The predicted octanol–water partition coefficient (Wildman–Crippen LogP) is 2.35. The van der Waals surface area contributed by atoms with Crippen LogP contribution in [0, 0.1) is 0 Å². The van der Waals surface area contributed by atoms with E-state index in [9.17, 15) is 9.59 Å². The number of rotatable bonds is 6. The first kappa shape index (κ1) is 14.0. The molecule has 0 bridgehead atoms. The van der Waals surface area contributed by atoms with Crippen LogP contribution in [-0.2, 0) is 14.3 Å². The average Bonchev–Trinajstić information content (AvgIpc) is 2.40. The summed E-state index contributed by atoms with van der Waals surface area (Å²) in [4.78, 5) is 23.8. The highest BCUT2D eigenvalue weighted by atomic mass is 16.5. The molecule has 0 heterocycles. The summed E-state index contributed by atoms with van der Waals surface area (Å²) in [6, 6.07) is 8.54. The van der Waals surface area contributed by atoms with E-state index in [0.29, 0.717) is 12.2 Å². The Morgan fingerprint density at radius 2 is 1.78 bits per heavy atom. The minimum Gasteiger partial charge on any atom is -0.500 e. The molecule has 0 N–H and O–H groups in total. The van der Waals surface area contributed by atoms with E-state index < -0.39 is 11.8 Å². The molecule has 0 amide bonds. The fraction of sp³-hybridized carbons (Fsp3) is 0.286. The van der Waals surface area contributed by atoms with Gasteiger partial charge in [0.1, 0.15) is 11.8 Å². The van der Waals surface area contributed by atoms with Crippen molar-refractivity contribution in [2.24, 2.45) is 0 Å². The van der Waals surface area contributed by atoms with Crippen LogP contribution in [-0.4, -0.2) is 25.0 Å². The Hall–Kier alpha value is -2.10. The first-order valence-electron chi connectivity index (χ1n) is 5.79. The first-order valence-corrected chi connectivity index (χ1v) is 5.79. The molecule has 0 saturated heterocycles. The van der Waals surface area contributed by atoms with E-state index in [4.69, 9.17) is 9.47 Å². The smallest absolute Gasteiger partial charge is 0.345 e. The van der Waals surface area contributed by atoms with Crippen LogP contribution in [0.2, 0.25) is 0 Å². The van der Waals surface area contributed by atoms with Gasteiger partial charge in [0, 0.05) is 5.56 Å². The number of carbonyl (C=O) groups is 2. The first-order chi connectivity index (χ1) is 8.70. The molecule has 18 heavy (non-hydrogen) atoms. The summed E-state index contributed by atoms with van der Waals surface area (Å²) in [7, 11) is 0. The van der Waals surface area contributed by atoms with Crippen LogP contribution < -0.4 is 0 Å². The summed E-state index contributed by atoms with van der Waals surface area (Å²) >= 11 is 0. The van der Waals surface area contributed by atoms with Gasteiger partial charge in [0.05, 0.1) is 13.2 Å². The van der Waals surface area contributed by atoms with Crippen LogP contribution in [0.1, 0.15) is 24.2 Å². The second-order valence-electron chi connectivity index (χ2n) is 3.40. The molecule has 0 saturated carbocycles. The summed E-state index contributed by atoms with van der Waals surface area (Å²) in [5.41, 5.74) is 0.335. The number of esters is 1. The van der Waals surface area contributed by atoms with E-state index in [-0.39, 0.29) is 12.2 Å². The molecule has 4 heteroatoms. The maximum Gasteiger partial charge on any atom is 0.345 e. The van der Waals surface area contributed by atoms with Gasteiger partial charge in [0.25, 0.3) is 0 Å². The minimum atomic E-state index is -0.667. The number of carbonyl (C=O) groups excluding carboxylic acids is 2. The molecule has 96 valence electrons. The standard InChI is InChI=1S/C14H16O4/c1-3-17-10-12(14(16)18-4-2)13(15)11-8-6-5-7-9-11/h5-10H,3-4H2,1-2H3. The van der Waals surface area contributed by atoms with Crippen LogP contribution in [0.15, 0.2) is 42.2 Å². The minimum absolute atomic E-state index is 0.0927. The molecule has 0 spiro atoms.